The van der Waals surface area contributed by atoms with E-state index in [2.05, 4.69) is 9.88 Å². The maximum atomic E-state index is 12.3. The topological polar surface area (TPSA) is 108 Å². The molecule has 0 bridgehead atoms. The van der Waals surface area contributed by atoms with Crippen molar-refractivity contribution < 1.29 is 13.6 Å². The first-order valence-corrected chi connectivity index (χ1v) is 7.74. The van der Waals surface area contributed by atoms with Crippen LogP contribution in [-0.4, -0.2) is 32.6 Å². The Labute approximate surface area is 119 Å². The van der Waals surface area contributed by atoms with Gasteiger partial charge in [-0.1, -0.05) is 30.3 Å². The van der Waals surface area contributed by atoms with Gasteiger partial charge in [0.25, 0.3) is 0 Å². The predicted octanol–water partition coefficient (Wildman–Crippen LogP) is 0.874. The van der Waals surface area contributed by atoms with Crippen LogP contribution in [0.2, 0.25) is 0 Å². The molecule has 1 aromatic carbocycles. The van der Waals surface area contributed by atoms with Crippen molar-refractivity contribution in [2.24, 2.45) is 10.9 Å². The molecule has 7 nitrogen and oxygen atoms in total. The van der Waals surface area contributed by atoms with E-state index >= 15 is 0 Å². The molecule has 0 amide bonds. The van der Waals surface area contributed by atoms with E-state index in [0.29, 0.717) is 18.7 Å². The molecule has 1 rings (SSSR count). The van der Waals surface area contributed by atoms with Gasteiger partial charge in [0, 0.05) is 19.5 Å². The van der Waals surface area contributed by atoms with E-state index in [1.807, 2.05) is 6.92 Å². The van der Waals surface area contributed by atoms with Crippen LogP contribution in [0.15, 0.2) is 35.5 Å². The molecule has 0 radical (unpaired) electrons. The van der Waals surface area contributed by atoms with Gasteiger partial charge < -0.3 is 10.9 Å². The van der Waals surface area contributed by atoms with Crippen LogP contribution in [0.4, 0.5) is 5.69 Å². The summed E-state index contributed by atoms with van der Waals surface area (Å²) in [6.07, 6.45) is 0.834. The zero-order valence-corrected chi connectivity index (χ0v) is 12.2. The molecule has 0 atom stereocenters. The molecule has 112 valence electrons. The highest BCUT2D eigenvalue weighted by molar-refractivity contribution is 7.90. The Hall–Kier alpha value is -1.80. The highest BCUT2D eigenvalue weighted by Crippen LogP contribution is 2.17. The Kier molecular flexibility index (Phi) is 6.26. The molecule has 20 heavy (non-hydrogen) atoms. The van der Waals surface area contributed by atoms with Crippen LogP contribution in [0.5, 0.6) is 0 Å². The highest BCUT2D eigenvalue weighted by atomic mass is 32.2. The average Bonchev–Trinajstić information content (AvgIpc) is 2.46. The number of benzene rings is 1. The Morgan fingerprint density at radius 1 is 1.40 bits per heavy atom. The summed E-state index contributed by atoms with van der Waals surface area (Å²) >= 11 is 0. The molecule has 8 heteroatoms. The van der Waals surface area contributed by atoms with Crippen molar-refractivity contribution in [2.45, 2.75) is 19.8 Å². The average molecular weight is 300 g/mol. The standard InChI is InChI=1S/C12H20N4O3S/c1-2-9-14-20(18,19)16(10-8-12(13)15-17)11-6-4-3-5-7-11/h3-7,14,17H,2,8-10H2,1H3,(H2,13,15). The van der Waals surface area contributed by atoms with Gasteiger partial charge in [0.1, 0.15) is 5.84 Å². The predicted molar refractivity (Wildman–Crippen MR) is 79.0 cm³/mol. The summed E-state index contributed by atoms with van der Waals surface area (Å²) in [6, 6.07) is 8.69. The number of hydrogen-bond acceptors (Lipinski definition) is 4. The van der Waals surface area contributed by atoms with Gasteiger partial charge in [0.15, 0.2) is 0 Å². The maximum Gasteiger partial charge on any atom is 0.301 e. The number of hydrogen-bond donors (Lipinski definition) is 3. The third-order valence-electron chi connectivity index (χ3n) is 2.57. The largest absolute Gasteiger partial charge is 0.409 e. The molecule has 0 fully saturated rings. The molecule has 0 heterocycles. The van der Waals surface area contributed by atoms with E-state index in [4.69, 9.17) is 10.9 Å². The second-order valence-corrected chi connectivity index (χ2v) is 5.83. The van der Waals surface area contributed by atoms with E-state index in [1.165, 1.54) is 4.31 Å². The minimum absolute atomic E-state index is 0.0170. The normalized spacial score (nSPS) is 12.3. The number of para-hydroxylation sites is 1. The number of anilines is 1. The summed E-state index contributed by atoms with van der Waals surface area (Å²) < 4.78 is 28.2. The van der Waals surface area contributed by atoms with E-state index in [-0.39, 0.29) is 18.8 Å². The highest BCUT2D eigenvalue weighted by Gasteiger charge is 2.21. The number of nitrogens with one attached hydrogen (secondary N) is 1. The van der Waals surface area contributed by atoms with Crippen LogP contribution >= 0.6 is 0 Å². The van der Waals surface area contributed by atoms with Gasteiger partial charge in [-0.25, -0.2) is 0 Å². The van der Waals surface area contributed by atoms with Crippen LogP contribution in [0.25, 0.3) is 0 Å². The Bertz CT molecular complexity index is 531. The fourth-order valence-corrected chi connectivity index (χ4v) is 2.91. The maximum absolute atomic E-state index is 12.3. The molecule has 0 unspecified atom stereocenters. The molecule has 0 spiro atoms. The lowest BCUT2D eigenvalue weighted by molar-refractivity contribution is 0.317. The molecule has 4 N–H and O–H groups in total. The first-order valence-electron chi connectivity index (χ1n) is 6.30. The van der Waals surface area contributed by atoms with Gasteiger partial charge in [-0.15, -0.1) is 0 Å². The lowest BCUT2D eigenvalue weighted by atomic mass is 10.3. The number of amidine groups is 1. The third kappa shape index (κ3) is 4.71. The second kappa shape index (κ2) is 7.71. The van der Waals surface area contributed by atoms with Crippen LogP contribution in [-0.2, 0) is 10.2 Å². The Balaban J connectivity index is 2.96. The number of nitrogens with two attached hydrogens (primary N) is 1. The lowest BCUT2D eigenvalue weighted by Crippen LogP contribution is -2.42. The Morgan fingerprint density at radius 3 is 2.60 bits per heavy atom. The van der Waals surface area contributed by atoms with Crippen molar-refractivity contribution in [3.63, 3.8) is 0 Å². The molecule has 0 aliphatic carbocycles. The summed E-state index contributed by atoms with van der Waals surface area (Å²) in [5.41, 5.74) is 5.93. The van der Waals surface area contributed by atoms with Crippen molar-refractivity contribution >= 4 is 21.7 Å². The third-order valence-corrected chi connectivity index (χ3v) is 4.11. The summed E-state index contributed by atoms with van der Waals surface area (Å²) in [4.78, 5) is 0. The SMILES string of the molecule is CCCNS(=O)(=O)N(CC/C(N)=N/O)c1ccccc1. The number of rotatable bonds is 8. The van der Waals surface area contributed by atoms with Gasteiger partial charge in [-0.05, 0) is 18.6 Å². The molecular formula is C12H20N4O3S. The monoisotopic (exact) mass is 300 g/mol. The number of oxime groups is 1. The second-order valence-electron chi connectivity index (χ2n) is 4.15. The van der Waals surface area contributed by atoms with Crippen LogP contribution in [0.1, 0.15) is 19.8 Å². The van der Waals surface area contributed by atoms with Crippen molar-refractivity contribution in [3.8, 4) is 0 Å². The fourth-order valence-electron chi connectivity index (χ4n) is 1.56. The number of nitrogens with zero attached hydrogens (tertiary/aromatic N) is 2. The molecule has 0 aliphatic heterocycles. The van der Waals surface area contributed by atoms with E-state index in [9.17, 15) is 8.42 Å². The zero-order chi connectivity index (χ0) is 15.0. The van der Waals surface area contributed by atoms with Gasteiger partial charge in [0.2, 0.25) is 0 Å². The Morgan fingerprint density at radius 2 is 2.05 bits per heavy atom. The van der Waals surface area contributed by atoms with Gasteiger partial charge in [-0.3, -0.25) is 4.31 Å². The molecule has 0 saturated heterocycles. The van der Waals surface area contributed by atoms with Crippen LogP contribution in [0.3, 0.4) is 0 Å². The fraction of sp³-hybridized carbons (Fsp3) is 0.417. The van der Waals surface area contributed by atoms with E-state index < -0.39 is 10.2 Å². The first kappa shape index (κ1) is 16.3. The summed E-state index contributed by atoms with van der Waals surface area (Å²) in [6.45, 7) is 2.33. The summed E-state index contributed by atoms with van der Waals surface area (Å²) in [5.74, 6) is -0.0170. The van der Waals surface area contributed by atoms with Gasteiger partial charge >= 0.3 is 10.2 Å². The molecule has 1 aromatic rings. The summed E-state index contributed by atoms with van der Waals surface area (Å²) in [5, 5.41) is 11.4. The van der Waals surface area contributed by atoms with Crippen LogP contribution in [0, 0.1) is 0 Å². The first-order chi connectivity index (χ1) is 9.51. The molecule has 0 saturated carbocycles. The lowest BCUT2D eigenvalue weighted by Gasteiger charge is -2.24. The summed E-state index contributed by atoms with van der Waals surface area (Å²) in [7, 11) is -3.65. The molecule has 0 aromatic heterocycles. The van der Waals surface area contributed by atoms with Gasteiger partial charge in [0.05, 0.1) is 5.69 Å². The van der Waals surface area contributed by atoms with Crippen molar-refractivity contribution in [1.29, 1.82) is 0 Å². The van der Waals surface area contributed by atoms with E-state index in [1.54, 1.807) is 30.3 Å². The van der Waals surface area contributed by atoms with E-state index in [0.717, 1.165) is 0 Å². The van der Waals surface area contributed by atoms with Gasteiger partial charge in [-0.2, -0.15) is 13.1 Å². The van der Waals surface area contributed by atoms with Crippen molar-refractivity contribution in [1.82, 2.24) is 4.72 Å². The zero-order valence-electron chi connectivity index (χ0n) is 11.4. The minimum atomic E-state index is -3.65. The molecule has 0 aliphatic rings. The van der Waals surface area contributed by atoms with Crippen LogP contribution < -0.4 is 14.8 Å². The molecular weight excluding hydrogens is 280 g/mol. The van der Waals surface area contributed by atoms with Crippen molar-refractivity contribution in [3.05, 3.63) is 30.3 Å². The minimum Gasteiger partial charge on any atom is -0.409 e. The van der Waals surface area contributed by atoms with Crippen molar-refractivity contribution in [2.75, 3.05) is 17.4 Å². The quantitative estimate of drug-likeness (QED) is 0.286. The smallest absolute Gasteiger partial charge is 0.301 e.